The molecule has 2 aromatic heterocycles. The number of thiophene rings is 1. The highest BCUT2D eigenvalue weighted by molar-refractivity contribution is 7.15. The molecule has 0 unspecified atom stereocenters. The normalized spacial score (nSPS) is 14.6. The Labute approximate surface area is 184 Å². The number of hydrogen-bond donors (Lipinski definition) is 1. The first-order chi connectivity index (χ1) is 14.7. The van der Waals surface area contributed by atoms with Crippen LogP contribution in [0.3, 0.4) is 0 Å². The SMILES string of the molecule is O=C(Nc1nnc(CCCc2ccccc2)s1)C1CCN(C(=O)c2cccs2)CC1. The molecule has 0 atom stereocenters. The molecule has 4 rings (SSSR count). The minimum Gasteiger partial charge on any atom is -0.338 e. The Morgan fingerprint density at radius 1 is 1.03 bits per heavy atom. The number of carbonyl (C=O) groups is 2. The van der Waals surface area contributed by atoms with Gasteiger partial charge in [0, 0.05) is 25.4 Å². The monoisotopic (exact) mass is 440 g/mol. The van der Waals surface area contributed by atoms with Gasteiger partial charge in [-0.2, -0.15) is 0 Å². The van der Waals surface area contributed by atoms with E-state index >= 15 is 0 Å². The Balaban J connectivity index is 1.21. The van der Waals surface area contributed by atoms with Crippen LogP contribution >= 0.6 is 22.7 Å². The van der Waals surface area contributed by atoms with Crippen LogP contribution in [-0.2, 0) is 17.6 Å². The first kappa shape index (κ1) is 20.7. The quantitative estimate of drug-likeness (QED) is 0.595. The van der Waals surface area contributed by atoms with Crippen LogP contribution in [0.4, 0.5) is 5.13 Å². The van der Waals surface area contributed by atoms with Crippen LogP contribution in [0.25, 0.3) is 0 Å². The lowest BCUT2D eigenvalue weighted by Crippen LogP contribution is -2.41. The van der Waals surface area contributed by atoms with E-state index in [0.717, 1.165) is 29.1 Å². The van der Waals surface area contributed by atoms with Crippen molar-refractivity contribution in [2.45, 2.75) is 32.1 Å². The van der Waals surface area contributed by atoms with E-state index in [1.54, 1.807) is 0 Å². The van der Waals surface area contributed by atoms with Gasteiger partial charge in [-0.3, -0.25) is 9.59 Å². The lowest BCUT2D eigenvalue weighted by molar-refractivity contribution is -0.121. The second-order valence-corrected chi connectivity index (χ2v) is 9.38. The predicted octanol–water partition coefficient (Wildman–Crippen LogP) is 4.27. The van der Waals surface area contributed by atoms with Crippen molar-refractivity contribution in [1.29, 1.82) is 0 Å². The van der Waals surface area contributed by atoms with Crippen molar-refractivity contribution >= 4 is 39.6 Å². The number of nitrogens with one attached hydrogen (secondary N) is 1. The average molecular weight is 441 g/mol. The van der Waals surface area contributed by atoms with Crippen molar-refractivity contribution < 1.29 is 9.59 Å². The van der Waals surface area contributed by atoms with Crippen molar-refractivity contribution in [3.63, 3.8) is 0 Å². The molecular weight excluding hydrogens is 416 g/mol. The number of piperidine rings is 1. The Morgan fingerprint density at radius 2 is 1.83 bits per heavy atom. The zero-order chi connectivity index (χ0) is 20.8. The molecule has 8 heteroatoms. The highest BCUT2D eigenvalue weighted by Crippen LogP contribution is 2.24. The first-order valence-corrected chi connectivity index (χ1v) is 11.9. The zero-order valence-corrected chi connectivity index (χ0v) is 18.3. The van der Waals surface area contributed by atoms with E-state index in [1.807, 2.05) is 28.5 Å². The Morgan fingerprint density at radius 3 is 2.57 bits per heavy atom. The van der Waals surface area contributed by atoms with Crippen molar-refractivity contribution in [2.24, 2.45) is 5.92 Å². The summed E-state index contributed by atoms with van der Waals surface area (Å²) in [7, 11) is 0. The van der Waals surface area contributed by atoms with Gasteiger partial charge in [-0.1, -0.05) is 47.7 Å². The van der Waals surface area contributed by atoms with Crippen molar-refractivity contribution in [1.82, 2.24) is 15.1 Å². The molecule has 2 amide bonds. The van der Waals surface area contributed by atoms with E-state index in [4.69, 9.17) is 0 Å². The van der Waals surface area contributed by atoms with Crippen molar-refractivity contribution in [3.05, 3.63) is 63.3 Å². The minimum absolute atomic E-state index is 0.0230. The standard InChI is InChI=1S/C22H24N4O2S2/c27-20(17-11-13-26(14-12-17)21(28)18-9-5-15-29-18)23-22-25-24-19(30-22)10-4-8-16-6-2-1-3-7-16/h1-3,5-7,9,15,17H,4,8,10-14H2,(H,23,25,27). The number of anilines is 1. The molecular formula is C22H24N4O2S2. The Kier molecular flexibility index (Phi) is 6.86. The third kappa shape index (κ3) is 5.31. The van der Waals surface area contributed by atoms with Crippen molar-refractivity contribution in [2.75, 3.05) is 18.4 Å². The number of amides is 2. The second kappa shape index (κ2) is 9.95. The van der Waals surface area contributed by atoms with Gasteiger partial charge in [0.15, 0.2) is 0 Å². The van der Waals surface area contributed by atoms with E-state index in [-0.39, 0.29) is 17.7 Å². The first-order valence-electron chi connectivity index (χ1n) is 10.2. The van der Waals surface area contributed by atoms with Crippen molar-refractivity contribution in [3.8, 4) is 0 Å². The molecule has 0 radical (unpaired) electrons. The van der Waals surface area contributed by atoms with Gasteiger partial charge < -0.3 is 10.2 Å². The number of nitrogens with zero attached hydrogens (tertiary/aromatic N) is 3. The molecule has 1 aromatic carbocycles. The Hall–Kier alpha value is -2.58. The number of benzene rings is 1. The number of hydrogen-bond acceptors (Lipinski definition) is 6. The third-order valence-corrected chi connectivity index (χ3v) is 7.04. The average Bonchev–Trinajstić information content (AvgIpc) is 3.47. The summed E-state index contributed by atoms with van der Waals surface area (Å²) in [6.07, 6.45) is 4.21. The van der Waals surface area contributed by atoms with E-state index in [1.165, 1.54) is 28.2 Å². The number of aryl methyl sites for hydroxylation is 2. The summed E-state index contributed by atoms with van der Waals surface area (Å²) in [5, 5.41) is 14.7. The predicted molar refractivity (Wildman–Crippen MR) is 120 cm³/mol. The Bertz CT molecular complexity index is 964. The molecule has 1 fully saturated rings. The van der Waals surface area contributed by atoms with E-state index in [9.17, 15) is 9.59 Å². The van der Waals surface area contributed by atoms with E-state index < -0.39 is 0 Å². The van der Waals surface area contributed by atoms with Gasteiger partial charge >= 0.3 is 0 Å². The largest absolute Gasteiger partial charge is 0.338 e. The maximum atomic E-state index is 12.6. The minimum atomic E-state index is -0.0946. The van der Waals surface area contributed by atoms with Gasteiger partial charge in [-0.25, -0.2) is 0 Å². The number of rotatable bonds is 7. The molecule has 1 aliphatic rings. The summed E-state index contributed by atoms with van der Waals surface area (Å²) in [6, 6.07) is 14.1. The van der Waals surface area contributed by atoms with Gasteiger partial charge in [0.05, 0.1) is 4.88 Å². The zero-order valence-electron chi connectivity index (χ0n) is 16.6. The fraction of sp³-hybridized carbons (Fsp3) is 0.364. The molecule has 6 nitrogen and oxygen atoms in total. The fourth-order valence-corrected chi connectivity index (χ4v) is 5.08. The smallest absolute Gasteiger partial charge is 0.263 e. The van der Waals surface area contributed by atoms with Crippen LogP contribution < -0.4 is 5.32 Å². The maximum Gasteiger partial charge on any atom is 0.263 e. The van der Waals surface area contributed by atoms with Crippen LogP contribution in [0.1, 0.15) is 39.5 Å². The molecule has 1 aliphatic heterocycles. The van der Waals surface area contributed by atoms with Gasteiger partial charge in [0.2, 0.25) is 11.0 Å². The topological polar surface area (TPSA) is 75.2 Å². The molecule has 3 heterocycles. The maximum absolute atomic E-state index is 12.6. The number of carbonyl (C=O) groups excluding carboxylic acids is 2. The van der Waals surface area contributed by atoms with E-state index in [0.29, 0.717) is 31.1 Å². The van der Waals surface area contributed by atoms with Gasteiger partial charge in [-0.15, -0.1) is 21.5 Å². The molecule has 3 aromatic rings. The molecule has 0 bridgehead atoms. The van der Waals surface area contributed by atoms with Gasteiger partial charge in [-0.05, 0) is 42.7 Å². The van der Waals surface area contributed by atoms with E-state index in [2.05, 4.69) is 39.8 Å². The summed E-state index contributed by atoms with van der Waals surface area (Å²) in [5.74, 6) is -0.0545. The lowest BCUT2D eigenvalue weighted by atomic mass is 9.96. The second-order valence-electron chi connectivity index (χ2n) is 7.37. The summed E-state index contributed by atoms with van der Waals surface area (Å²) in [5.41, 5.74) is 1.32. The molecule has 0 spiro atoms. The van der Waals surface area contributed by atoms with Gasteiger partial charge in [0.1, 0.15) is 5.01 Å². The van der Waals surface area contributed by atoms with Crippen LogP contribution in [0, 0.1) is 5.92 Å². The number of likely N-dealkylation sites (tertiary alicyclic amines) is 1. The highest BCUT2D eigenvalue weighted by atomic mass is 32.1. The van der Waals surface area contributed by atoms with Gasteiger partial charge in [0.25, 0.3) is 5.91 Å². The van der Waals surface area contributed by atoms with Crippen LogP contribution in [0.5, 0.6) is 0 Å². The third-order valence-electron chi connectivity index (χ3n) is 5.28. The molecule has 30 heavy (non-hydrogen) atoms. The highest BCUT2D eigenvalue weighted by Gasteiger charge is 2.28. The van der Waals surface area contributed by atoms with Crippen LogP contribution in [-0.4, -0.2) is 40.0 Å². The van der Waals surface area contributed by atoms with Crippen LogP contribution in [0.2, 0.25) is 0 Å². The molecule has 1 saturated heterocycles. The lowest BCUT2D eigenvalue weighted by Gasteiger charge is -2.30. The molecule has 0 saturated carbocycles. The summed E-state index contributed by atoms with van der Waals surface area (Å²) in [6.45, 7) is 1.21. The fourth-order valence-electron chi connectivity index (χ4n) is 3.60. The van der Waals surface area contributed by atoms with Crippen LogP contribution in [0.15, 0.2) is 47.8 Å². The molecule has 1 N–H and O–H groups in total. The molecule has 156 valence electrons. The summed E-state index contributed by atoms with van der Waals surface area (Å²) in [4.78, 5) is 27.6. The molecule has 0 aliphatic carbocycles. The summed E-state index contributed by atoms with van der Waals surface area (Å²) >= 11 is 2.90. The summed E-state index contributed by atoms with van der Waals surface area (Å²) < 4.78 is 0. The number of aromatic nitrogens is 2.